The van der Waals surface area contributed by atoms with Gasteiger partial charge in [-0.3, -0.25) is 4.79 Å². The first kappa shape index (κ1) is 17.3. The van der Waals surface area contributed by atoms with Crippen molar-refractivity contribution in [2.75, 3.05) is 0 Å². The van der Waals surface area contributed by atoms with Gasteiger partial charge in [0.15, 0.2) is 5.78 Å². The molecule has 2 aliphatic rings. The van der Waals surface area contributed by atoms with Crippen molar-refractivity contribution >= 4 is 27.3 Å². The Labute approximate surface area is 161 Å². The quantitative estimate of drug-likeness (QED) is 0.662. The first-order valence-electron chi connectivity index (χ1n) is 9.11. The van der Waals surface area contributed by atoms with Crippen LogP contribution in [0.4, 0.5) is 0 Å². The van der Waals surface area contributed by atoms with Gasteiger partial charge in [0, 0.05) is 16.3 Å². The second kappa shape index (κ2) is 6.92. The number of halogens is 1. The summed E-state index contributed by atoms with van der Waals surface area (Å²) in [6.45, 7) is 2.06. The van der Waals surface area contributed by atoms with Crippen LogP contribution >= 0.6 is 15.9 Å². The van der Waals surface area contributed by atoms with Crippen molar-refractivity contribution in [1.82, 2.24) is 0 Å². The third-order valence-electron chi connectivity index (χ3n) is 5.47. The van der Waals surface area contributed by atoms with Crippen molar-refractivity contribution in [2.45, 2.75) is 32.6 Å². The number of Topliss-reactive ketones (excluding diaryl/α,β-unsaturated/α-hetero) is 1. The van der Waals surface area contributed by atoms with Crippen LogP contribution in [-0.2, 0) is 11.2 Å². The Hall–Kier alpha value is -2.07. The Bertz CT molecular complexity index is 883. The Kier molecular flexibility index (Phi) is 4.62. The second-order valence-corrected chi connectivity index (χ2v) is 7.98. The summed E-state index contributed by atoms with van der Waals surface area (Å²) in [5.74, 6) is 1.97. The van der Waals surface area contributed by atoms with Gasteiger partial charge < -0.3 is 9.84 Å². The van der Waals surface area contributed by atoms with E-state index in [1.807, 2.05) is 42.5 Å². The molecule has 2 bridgehead atoms. The number of rotatable bonds is 4. The summed E-state index contributed by atoms with van der Waals surface area (Å²) >= 11 is 3.42. The first-order chi connectivity index (χ1) is 12.6. The number of allylic oxidation sites excluding steroid dienone is 2. The fourth-order valence-corrected chi connectivity index (χ4v) is 4.34. The molecule has 4 heteroatoms. The maximum Gasteiger partial charge on any atom is 0.169 e. The van der Waals surface area contributed by atoms with E-state index < -0.39 is 0 Å². The SMILES string of the molecule is CCc1ccc(Oc2ccc(Br)cc2)cc1C1=C(O)[C@@H]2CC[C@@H](C2)C1=O. The zero-order valence-electron chi connectivity index (χ0n) is 14.7. The lowest BCUT2D eigenvalue weighted by Crippen LogP contribution is -2.21. The fraction of sp³-hybridized carbons (Fsp3) is 0.318. The van der Waals surface area contributed by atoms with Gasteiger partial charge in [-0.2, -0.15) is 0 Å². The second-order valence-electron chi connectivity index (χ2n) is 7.06. The summed E-state index contributed by atoms with van der Waals surface area (Å²) in [7, 11) is 0. The molecule has 0 saturated heterocycles. The highest BCUT2D eigenvalue weighted by molar-refractivity contribution is 9.10. The number of carbonyl (C=O) groups excluding carboxylic acids is 1. The van der Waals surface area contributed by atoms with E-state index in [-0.39, 0.29) is 23.4 Å². The van der Waals surface area contributed by atoms with Gasteiger partial charge in [0.05, 0.1) is 5.57 Å². The van der Waals surface area contributed by atoms with Gasteiger partial charge in [0.1, 0.15) is 17.3 Å². The van der Waals surface area contributed by atoms with Crippen molar-refractivity contribution in [1.29, 1.82) is 0 Å². The molecule has 26 heavy (non-hydrogen) atoms. The normalized spacial score (nSPS) is 22.0. The van der Waals surface area contributed by atoms with E-state index in [2.05, 4.69) is 22.9 Å². The molecule has 2 aliphatic carbocycles. The molecular formula is C22H21BrO3. The summed E-state index contributed by atoms with van der Waals surface area (Å²) in [6, 6.07) is 13.4. The standard InChI is InChI=1S/C22H21BrO3/c1-2-13-5-8-18(26-17-9-6-16(23)7-10-17)12-19(13)20-21(24)14-3-4-15(11-14)22(20)25/h5-10,12,14-15,24H,2-4,11H2,1H3/t14-,15+/m1/s1. The largest absolute Gasteiger partial charge is 0.511 e. The molecule has 0 spiro atoms. The van der Waals surface area contributed by atoms with Crippen LogP contribution < -0.4 is 4.74 Å². The zero-order valence-corrected chi connectivity index (χ0v) is 16.3. The van der Waals surface area contributed by atoms with E-state index >= 15 is 0 Å². The van der Waals surface area contributed by atoms with Crippen LogP contribution in [0.3, 0.4) is 0 Å². The summed E-state index contributed by atoms with van der Waals surface area (Å²) < 4.78 is 6.96. The molecule has 0 amide bonds. The molecule has 0 aliphatic heterocycles. The van der Waals surface area contributed by atoms with Crippen LogP contribution in [0.5, 0.6) is 11.5 Å². The van der Waals surface area contributed by atoms with Crippen LogP contribution in [0.25, 0.3) is 5.57 Å². The maximum atomic E-state index is 12.9. The van der Waals surface area contributed by atoms with Gasteiger partial charge in [0.2, 0.25) is 0 Å². The summed E-state index contributed by atoms with van der Waals surface area (Å²) in [4.78, 5) is 12.9. The van der Waals surface area contributed by atoms with Crippen molar-refractivity contribution in [3.05, 3.63) is 63.8 Å². The predicted octanol–water partition coefficient (Wildman–Crippen LogP) is 6.07. The molecule has 0 unspecified atom stereocenters. The highest BCUT2D eigenvalue weighted by atomic mass is 79.9. The number of aliphatic hydroxyl groups is 1. The molecule has 4 rings (SSSR count). The minimum absolute atomic E-state index is 0.0617. The molecule has 134 valence electrons. The third-order valence-corrected chi connectivity index (χ3v) is 6.00. The van der Waals surface area contributed by atoms with Gasteiger partial charge in [0.25, 0.3) is 0 Å². The molecule has 0 radical (unpaired) electrons. The average molecular weight is 413 g/mol. The van der Waals surface area contributed by atoms with Gasteiger partial charge >= 0.3 is 0 Å². The van der Waals surface area contributed by atoms with Crippen molar-refractivity contribution in [2.24, 2.45) is 11.8 Å². The van der Waals surface area contributed by atoms with Crippen LogP contribution in [0.15, 0.2) is 52.7 Å². The minimum Gasteiger partial charge on any atom is -0.511 e. The van der Waals surface area contributed by atoms with Gasteiger partial charge in [-0.25, -0.2) is 0 Å². The lowest BCUT2D eigenvalue weighted by atomic mass is 9.81. The van der Waals surface area contributed by atoms with Gasteiger partial charge in [-0.05, 0) is 73.2 Å². The number of carbonyl (C=O) groups is 1. The predicted molar refractivity (Wildman–Crippen MR) is 105 cm³/mol. The summed E-state index contributed by atoms with van der Waals surface area (Å²) in [5.41, 5.74) is 2.40. The van der Waals surface area contributed by atoms with Crippen molar-refractivity contribution in [3.8, 4) is 11.5 Å². The Morgan fingerprint density at radius 1 is 1.08 bits per heavy atom. The van der Waals surface area contributed by atoms with Crippen molar-refractivity contribution < 1.29 is 14.6 Å². The molecule has 2 aromatic rings. The smallest absolute Gasteiger partial charge is 0.169 e. The molecule has 1 saturated carbocycles. The number of hydrogen-bond donors (Lipinski definition) is 1. The lowest BCUT2D eigenvalue weighted by Gasteiger charge is -2.23. The number of fused-ring (bicyclic) bond motifs is 2. The van der Waals surface area contributed by atoms with Crippen LogP contribution in [0.2, 0.25) is 0 Å². The Morgan fingerprint density at radius 2 is 1.77 bits per heavy atom. The number of aliphatic hydroxyl groups excluding tert-OH is 1. The Balaban J connectivity index is 1.74. The highest BCUT2D eigenvalue weighted by Crippen LogP contribution is 2.46. The first-order valence-corrected chi connectivity index (χ1v) is 9.90. The molecule has 1 fully saturated rings. The maximum absolute atomic E-state index is 12.9. The number of aryl methyl sites for hydroxylation is 1. The number of ether oxygens (including phenoxy) is 1. The van der Waals surface area contributed by atoms with E-state index in [0.29, 0.717) is 11.3 Å². The van der Waals surface area contributed by atoms with E-state index in [9.17, 15) is 9.90 Å². The monoisotopic (exact) mass is 412 g/mol. The third kappa shape index (κ3) is 3.07. The van der Waals surface area contributed by atoms with Crippen LogP contribution in [0.1, 0.15) is 37.3 Å². The van der Waals surface area contributed by atoms with Gasteiger partial charge in [-0.1, -0.05) is 28.9 Å². The lowest BCUT2D eigenvalue weighted by molar-refractivity contribution is -0.117. The molecule has 3 nitrogen and oxygen atoms in total. The highest BCUT2D eigenvalue weighted by Gasteiger charge is 2.41. The molecule has 0 aromatic heterocycles. The Morgan fingerprint density at radius 3 is 2.50 bits per heavy atom. The molecule has 2 atom stereocenters. The topological polar surface area (TPSA) is 46.5 Å². The zero-order chi connectivity index (χ0) is 18.3. The number of hydrogen-bond acceptors (Lipinski definition) is 3. The molecule has 1 N–H and O–H groups in total. The van der Waals surface area contributed by atoms with Crippen molar-refractivity contribution in [3.63, 3.8) is 0 Å². The van der Waals surface area contributed by atoms with E-state index in [1.165, 1.54) is 0 Å². The number of benzene rings is 2. The fourth-order valence-electron chi connectivity index (χ4n) is 4.07. The molecule has 2 aromatic carbocycles. The van der Waals surface area contributed by atoms with Gasteiger partial charge in [-0.15, -0.1) is 0 Å². The van der Waals surface area contributed by atoms with Crippen LogP contribution in [0, 0.1) is 11.8 Å². The summed E-state index contributed by atoms with van der Waals surface area (Å²) in [5, 5.41) is 10.7. The van der Waals surface area contributed by atoms with E-state index in [1.54, 1.807) is 0 Å². The summed E-state index contributed by atoms with van der Waals surface area (Å²) in [6.07, 6.45) is 3.38. The average Bonchev–Trinajstić information content (AvgIpc) is 3.10. The van der Waals surface area contributed by atoms with E-state index in [4.69, 9.17) is 4.74 Å². The number of ketones is 1. The minimum atomic E-state index is 0.0617. The van der Waals surface area contributed by atoms with E-state index in [0.717, 1.165) is 47.0 Å². The molecule has 0 heterocycles. The molecular weight excluding hydrogens is 392 g/mol. The van der Waals surface area contributed by atoms with Crippen LogP contribution in [-0.4, -0.2) is 10.9 Å².